The van der Waals surface area contributed by atoms with E-state index in [4.69, 9.17) is 5.26 Å². The number of thioether (sulfide) groups is 1. The lowest BCUT2D eigenvalue weighted by Crippen LogP contribution is -2.01. The van der Waals surface area contributed by atoms with Gasteiger partial charge in [0.1, 0.15) is 0 Å². The number of rotatable bonds is 8. The standard InChI is InChI=1S/C17H20N4S/c1-3-11-21-16(15-9-7-8-14(2)13-15)19-20-17(21)22-12-6-4-5-10-18/h3,7-9,13H,1,4-6,11-12H2,2H3. The Labute approximate surface area is 135 Å². The first-order valence-corrected chi connectivity index (χ1v) is 8.35. The van der Waals surface area contributed by atoms with E-state index in [2.05, 4.69) is 52.5 Å². The lowest BCUT2D eigenvalue weighted by atomic mass is 10.1. The molecule has 0 fully saturated rings. The predicted molar refractivity (Wildman–Crippen MR) is 90.6 cm³/mol. The molecule has 0 spiro atoms. The zero-order valence-electron chi connectivity index (χ0n) is 12.8. The molecule has 2 aromatic rings. The lowest BCUT2D eigenvalue weighted by molar-refractivity contribution is 0.729. The summed E-state index contributed by atoms with van der Waals surface area (Å²) in [6, 6.07) is 10.4. The zero-order valence-corrected chi connectivity index (χ0v) is 13.6. The van der Waals surface area contributed by atoms with E-state index in [1.807, 2.05) is 12.1 Å². The minimum absolute atomic E-state index is 0.619. The van der Waals surface area contributed by atoms with E-state index in [1.165, 1.54) is 5.56 Å². The highest BCUT2D eigenvalue weighted by molar-refractivity contribution is 7.99. The Kier molecular flexibility index (Phi) is 6.23. The molecule has 114 valence electrons. The maximum absolute atomic E-state index is 8.55. The van der Waals surface area contributed by atoms with Gasteiger partial charge in [0.2, 0.25) is 0 Å². The van der Waals surface area contributed by atoms with Crippen molar-refractivity contribution >= 4 is 11.8 Å². The molecule has 5 heteroatoms. The van der Waals surface area contributed by atoms with Crippen LogP contribution in [-0.4, -0.2) is 20.5 Å². The van der Waals surface area contributed by atoms with Gasteiger partial charge in [-0.05, 0) is 25.8 Å². The van der Waals surface area contributed by atoms with Crippen molar-refractivity contribution in [3.8, 4) is 17.5 Å². The number of hydrogen-bond acceptors (Lipinski definition) is 4. The third-order valence-corrected chi connectivity index (χ3v) is 4.27. The Morgan fingerprint density at radius 1 is 1.36 bits per heavy atom. The Bertz CT molecular complexity index is 670. The molecule has 0 saturated heterocycles. The molecular formula is C17H20N4S. The highest BCUT2D eigenvalue weighted by Gasteiger charge is 2.13. The van der Waals surface area contributed by atoms with Crippen molar-refractivity contribution in [2.75, 3.05) is 5.75 Å². The number of hydrogen-bond donors (Lipinski definition) is 0. The van der Waals surface area contributed by atoms with E-state index in [0.29, 0.717) is 13.0 Å². The number of nitriles is 1. The number of nitrogens with zero attached hydrogens (tertiary/aromatic N) is 4. The van der Waals surface area contributed by atoms with Gasteiger partial charge in [-0.1, -0.05) is 41.6 Å². The van der Waals surface area contributed by atoms with Gasteiger partial charge in [-0.15, -0.1) is 16.8 Å². The van der Waals surface area contributed by atoms with Gasteiger partial charge in [-0.3, -0.25) is 4.57 Å². The lowest BCUT2D eigenvalue weighted by Gasteiger charge is -2.08. The van der Waals surface area contributed by atoms with Gasteiger partial charge in [0.05, 0.1) is 6.07 Å². The Hall–Kier alpha value is -2.06. The van der Waals surface area contributed by atoms with Crippen LogP contribution in [0.2, 0.25) is 0 Å². The van der Waals surface area contributed by atoms with E-state index in [-0.39, 0.29) is 0 Å². The number of aryl methyl sites for hydroxylation is 1. The molecule has 0 saturated carbocycles. The van der Waals surface area contributed by atoms with Gasteiger partial charge in [0, 0.05) is 24.3 Å². The molecule has 0 atom stereocenters. The SMILES string of the molecule is C=CCn1c(SCCCCC#N)nnc1-c1cccc(C)c1. The van der Waals surface area contributed by atoms with Crippen molar-refractivity contribution in [1.82, 2.24) is 14.8 Å². The Balaban J connectivity index is 2.15. The zero-order chi connectivity index (χ0) is 15.8. The molecule has 1 heterocycles. The second kappa shape index (κ2) is 8.40. The third-order valence-electron chi connectivity index (χ3n) is 3.22. The summed E-state index contributed by atoms with van der Waals surface area (Å²) in [5.41, 5.74) is 2.28. The summed E-state index contributed by atoms with van der Waals surface area (Å²) < 4.78 is 2.09. The summed E-state index contributed by atoms with van der Waals surface area (Å²) in [6.45, 7) is 6.59. The summed E-state index contributed by atoms with van der Waals surface area (Å²) in [5.74, 6) is 1.83. The molecule has 0 aliphatic rings. The highest BCUT2D eigenvalue weighted by atomic mass is 32.2. The van der Waals surface area contributed by atoms with Gasteiger partial charge in [0.25, 0.3) is 0 Å². The average molecular weight is 312 g/mol. The van der Waals surface area contributed by atoms with Crippen LogP contribution in [0.15, 0.2) is 42.1 Å². The third kappa shape index (κ3) is 4.22. The van der Waals surface area contributed by atoms with Gasteiger partial charge >= 0.3 is 0 Å². The van der Waals surface area contributed by atoms with E-state index in [9.17, 15) is 0 Å². The summed E-state index contributed by atoms with van der Waals surface area (Å²) in [4.78, 5) is 0. The van der Waals surface area contributed by atoms with Crippen molar-refractivity contribution in [3.63, 3.8) is 0 Å². The van der Waals surface area contributed by atoms with Crippen LogP contribution in [0.1, 0.15) is 24.8 Å². The average Bonchev–Trinajstić information content (AvgIpc) is 2.90. The van der Waals surface area contributed by atoms with Crippen LogP contribution < -0.4 is 0 Å². The summed E-state index contributed by atoms with van der Waals surface area (Å²) >= 11 is 1.69. The minimum Gasteiger partial charge on any atom is -0.298 e. The number of aromatic nitrogens is 3. The van der Waals surface area contributed by atoms with E-state index in [1.54, 1.807) is 11.8 Å². The fourth-order valence-electron chi connectivity index (χ4n) is 2.16. The smallest absolute Gasteiger partial charge is 0.191 e. The van der Waals surface area contributed by atoms with Crippen LogP contribution in [0, 0.1) is 18.3 Å². The molecule has 0 aliphatic heterocycles. The number of unbranched alkanes of at least 4 members (excludes halogenated alkanes) is 2. The maximum Gasteiger partial charge on any atom is 0.191 e. The molecule has 22 heavy (non-hydrogen) atoms. The number of allylic oxidation sites excluding steroid dienone is 1. The minimum atomic E-state index is 0.619. The molecule has 0 bridgehead atoms. The highest BCUT2D eigenvalue weighted by Crippen LogP contribution is 2.25. The largest absolute Gasteiger partial charge is 0.298 e. The monoisotopic (exact) mass is 312 g/mol. The molecular weight excluding hydrogens is 292 g/mol. The quantitative estimate of drug-likeness (QED) is 0.416. The fraction of sp³-hybridized carbons (Fsp3) is 0.353. The maximum atomic E-state index is 8.55. The van der Waals surface area contributed by atoms with Crippen molar-refractivity contribution < 1.29 is 0 Å². The number of benzene rings is 1. The predicted octanol–water partition coefficient (Wildman–Crippen LogP) is 4.23. The van der Waals surface area contributed by atoms with Gasteiger partial charge in [-0.2, -0.15) is 5.26 Å². The van der Waals surface area contributed by atoms with E-state index >= 15 is 0 Å². The molecule has 1 aromatic heterocycles. The summed E-state index contributed by atoms with van der Waals surface area (Å²) in [7, 11) is 0. The first kappa shape index (κ1) is 16.3. The Morgan fingerprint density at radius 2 is 2.23 bits per heavy atom. The van der Waals surface area contributed by atoms with Crippen LogP contribution in [-0.2, 0) is 6.54 Å². The van der Waals surface area contributed by atoms with Gasteiger partial charge in [0.15, 0.2) is 11.0 Å². The molecule has 0 aliphatic carbocycles. The van der Waals surface area contributed by atoms with Crippen LogP contribution in [0.3, 0.4) is 0 Å². The van der Waals surface area contributed by atoms with Crippen molar-refractivity contribution in [2.24, 2.45) is 0 Å². The molecule has 2 rings (SSSR count). The topological polar surface area (TPSA) is 54.5 Å². The molecule has 0 N–H and O–H groups in total. The fourth-order valence-corrected chi connectivity index (χ4v) is 3.10. The van der Waals surface area contributed by atoms with Crippen molar-refractivity contribution in [1.29, 1.82) is 5.26 Å². The van der Waals surface area contributed by atoms with E-state index < -0.39 is 0 Å². The molecule has 0 unspecified atom stereocenters. The normalized spacial score (nSPS) is 10.4. The summed E-state index contributed by atoms with van der Waals surface area (Å²) in [6.07, 6.45) is 4.43. The van der Waals surface area contributed by atoms with Crippen LogP contribution in [0.4, 0.5) is 0 Å². The Morgan fingerprint density at radius 3 is 2.95 bits per heavy atom. The second-order valence-electron chi connectivity index (χ2n) is 5.04. The first-order valence-electron chi connectivity index (χ1n) is 7.37. The van der Waals surface area contributed by atoms with Crippen LogP contribution in [0.5, 0.6) is 0 Å². The first-order chi connectivity index (χ1) is 10.8. The molecule has 1 aromatic carbocycles. The molecule has 0 radical (unpaired) electrons. The molecule has 0 amide bonds. The van der Waals surface area contributed by atoms with E-state index in [0.717, 1.165) is 35.1 Å². The van der Waals surface area contributed by atoms with Crippen LogP contribution >= 0.6 is 11.8 Å². The summed E-state index contributed by atoms with van der Waals surface area (Å²) in [5, 5.41) is 18.1. The van der Waals surface area contributed by atoms with Gasteiger partial charge < -0.3 is 0 Å². The van der Waals surface area contributed by atoms with Crippen molar-refractivity contribution in [3.05, 3.63) is 42.5 Å². The second-order valence-corrected chi connectivity index (χ2v) is 6.10. The molecule has 4 nitrogen and oxygen atoms in total. The van der Waals surface area contributed by atoms with Gasteiger partial charge in [-0.25, -0.2) is 0 Å². The van der Waals surface area contributed by atoms with Crippen molar-refractivity contribution in [2.45, 2.75) is 37.9 Å². The van der Waals surface area contributed by atoms with Crippen LogP contribution in [0.25, 0.3) is 11.4 Å².